The fraction of sp³-hybridized carbons (Fsp3) is 0.278. The molecule has 120 valence electrons. The highest BCUT2D eigenvalue weighted by molar-refractivity contribution is 5.87. The third-order valence-corrected chi connectivity index (χ3v) is 4.55. The van der Waals surface area contributed by atoms with Crippen LogP contribution in [0.2, 0.25) is 0 Å². The predicted octanol–water partition coefficient (Wildman–Crippen LogP) is 4.52. The summed E-state index contributed by atoms with van der Waals surface area (Å²) < 4.78 is 38.0. The van der Waals surface area contributed by atoms with E-state index in [-0.39, 0.29) is 5.92 Å². The Balaban J connectivity index is 1.95. The number of carboxylic acid groups (broad SMARTS) is 1. The summed E-state index contributed by atoms with van der Waals surface area (Å²) in [5, 5.41) is 9.65. The van der Waals surface area contributed by atoms with Gasteiger partial charge in [0.05, 0.1) is 5.56 Å². The number of benzene rings is 2. The van der Waals surface area contributed by atoms with E-state index in [1.807, 2.05) is 31.2 Å². The Bertz CT molecular complexity index is 732. The van der Waals surface area contributed by atoms with E-state index in [0.717, 1.165) is 23.3 Å². The minimum atomic E-state index is -4.42. The molecule has 1 saturated carbocycles. The SMILES string of the molecule is Cc1ccc([C@H]2C[C@]2(C(=O)O)c2ccc(C(F)(F)F)cc2)cc1. The molecule has 2 nitrogen and oxygen atoms in total. The monoisotopic (exact) mass is 320 g/mol. The zero-order valence-electron chi connectivity index (χ0n) is 12.4. The van der Waals surface area contributed by atoms with E-state index in [1.54, 1.807) is 0 Å². The van der Waals surface area contributed by atoms with Crippen LogP contribution < -0.4 is 0 Å². The number of aryl methyl sites for hydroxylation is 1. The van der Waals surface area contributed by atoms with Gasteiger partial charge in [0.2, 0.25) is 0 Å². The van der Waals surface area contributed by atoms with Crippen LogP contribution in [0, 0.1) is 6.92 Å². The molecule has 1 aliphatic rings. The fourth-order valence-corrected chi connectivity index (χ4v) is 3.10. The van der Waals surface area contributed by atoms with Crippen LogP contribution in [0.3, 0.4) is 0 Å². The van der Waals surface area contributed by atoms with E-state index < -0.39 is 23.1 Å². The summed E-state index contributed by atoms with van der Waals surface area (Å²) in [6.45, 7) is 1.94. The summed E-state index contributed by atoms with van der Waals surface area (Å²) in [5.74, 6) is -1.21. The van der Waals surface area contributed by atoms with Crippen molar-refractivity contribution in [2.24, 2.45) is 0 Å². The maximum Gasteiger partial charge on any atom is 0.416 e. The summed E-state index contributed by atoms with van der Waals surface area (Å²) in [6.07, 6.45) is -4.02. The number of hydrogen-bond acceptors (Lipinski definition) is 1. The number of carboxylic acids is 1. The molecule has 2 aromatic rings. The van der Waals surface area contributed by atoms with Crippen LogP contribution in [0.4, 0.5) is 13.2 Å². The summed E-state index contributed by atoms with van der Waals surface area (Å²) in [5.41, 5.74) is 0.500. The van der Waals surface area contributed by atoms with Crippen molar-refractivity contribution in [1.29, 1.82) is 0 Å². The summed E-state index contributed by atoms with van der Waals surface area (Å²) in [7, 11) is 0. The molecule has 0 saturated heterocycles. The Hall–Kier alpha value is -2.30. The quantitative estimate of drug-likeness (QED) is 0.902. The first-order valence-electron chi connectivity index (χ1n) is 7.23. The lowest BCUT2D eigenvalue weighted by Gasteiger charge is -2.15. The van der Waals surface area contributed by atoms with Crippen LogP contribution in [-0.4, -0.2) is 11.1 Å². The van der Waals surface area contributed by atoms with Gasteiger partial charge in [0.1, 0.15) is 5.41 Å². The molecular weight excluding hydrogens is 305 g/mol. The molecule has 0 heterocycles. The molecule has 0 aliphatic heterocycles. The van der Waals surface area contributed by atoms with Crippen molar-refractivity contribution < 1.29 is 23.1 Å². The first-order chi connectivity index (χ1) is 10.7. The minimum absolute atomic E-state index is 0.211. The third kappa shape index (κ3) is 2.60. The van der Waals surface area contributed by atoms with E-state index in [4.69, 9.17) is 0 Å². The van der Waals surface area contributed by atoms with Crippen LogP contribution in [-0.2, 0) is 16.4 Å². The minimum Gasteiger partial charge on any atom is -0.481 e. The van der Waals surface area contributed by atoms with E-state index in [9.17, 15) is 23.1 Å². The largest absolute Gasteiger partial charge is 0.481 e. The first kappa shape index (κ1) is 15.6. The van der Waals surface area contributed by atoms with Gasteiger partial charge in [-0.15, -0.1) is 0 Å². The molecule has 23 heavy (non-hydrogen) atoms. The van der Waals surface area contributed by atoms with Gasteiger partial charge < -0.3 is 5.11 Å². The van der Waals surface area contributed by atoms with Crippen molar-refractivity contribution in [3.63, 3.8) is 0 Å². The summed E-state index contributed by atoms with van der Waals surface area (Å²) in [4.78, 5) is 11.8. The highest BCUT2D eigenvalue weighted by atomic mass is 19.4. The van der Waals surface area contributed by atoms with Gasteiger partial charge in [-0.3, -0.25) is 4.79 Å². The topological polar surface area (TPSA) is 37.3 Å². The highest BCUT2D eigenvalue weighted by Crippen LogP contribution is 2.60. The molecule has 1 fully saturated rings. The molecule has 0 radical (unpaired) electrons. The van der Waals surface area contributed by atoms with Crippen LogP contribution in [0.15, 0.2) is 48.5 Å². The van der Waals surface area contributed by atoms with Gasteiger partial charge in [0.25, 0.3) is 0 Å². The van der Waals surface area contributed by atoms with Gasteiger partial charge >= 0.3 is 12.1 Å². The van der Waals surface area contributed by atoms with Gasteiger partial charge in [0, 0.05) is 5.92 Å². The second kappa shape index (κ2) is 5.11. The highest BCUT2D eigenvalue weighted by Gasteiger charge is 2.62. The van der Waals surface area contributed by atoms with Crippen molar-refractivity contribution >= 4 is 5.97 Å². The number of halogens is 3. The van der Waals surface area contributed by atoms with Gasteiger partial charge in [-0.2, -0.15) is 13.2 Å². The second-order valence-electron chi connectivity index (χ2n) is 6.02. The van der Waals surface area contributed by atoms with Gasteiger partial charge in [-0.1, -0.05) is 42.0 Å². The Morgan fingerprint density at radius 3 is 2.13 bits per heavy atom. The molecular formula is C18H15F3O2. The van der Waals surface area contributed by atoms with Crippen molar-refractivity contribution in [2.45, 2.75) is 30.9 Å². The molecule has 0 amide bonds. The maximum absolute atomic E-state index is 12.7. The lowest BCUT2D eigenvalue weighted by atomic mass is 9.90. The standard InChI is InChI=1S/C18H15F3O2/c1-11-2-4-12(5-3-11)15-10-17(15,16(22)23)13-6-8-14(9-7-13)18(19,20)21/h2-9,15H,10H2,1H3,(H,22,23)/t15-,17+/m1/s1. The van der Waals surface area contributed by atoms with Crippen molar-refractivity contribution in [2.75, 3.05) is 0 Å². The zero-order valence-corrected chi connectivity index (χ0v) is 12.4. The Labute approximate surface area is 131 Å². The van der Waals surface area contributed by atoms with Crippen molar-refractivity contribution in [3.05, 3.63) is 70.8 Å². The normalized spacial score (nSPS) is 23.6. The Morgan fingerprint density at radius 2 is 1.65 bits per heavy atom. The summed E-state index contributed by atoms with van der Waals surface area (Å²) >= 11 is 0. The van der Waals surface area contributed by atoms with E-state index in [1.165, 1.54) is 12.1 Å². The molecule has 0 spiro atoms. The number of rotatable bonds is 3. The van der Waals surface area contributed by atoms with E-state index in [2.05, 4.69) is 0 Å². The van der Waals surface area contributed by atoms with Crippen molar-refractivity contribution in [1.82, 2.24) is 0 Å². The lowest BCUT2D eigenvalue weighted by Crippen LogP contribution is -2.22. The third-order valence-electron chi connectivity index (χ3n) is 4.55. The molecule has 1 N–H and O–H groups in total. The molecule has 0 bridgehead atoms. The summed E-state index contributed by atoms with van der Waals surface area (Å²) in [6, 6.07) is 12.1. The molecule has 3 rings (SSSR count). The molecule has 5 heteroatoms. The molecule has 1 aliphatic carbocycles. The van der Waals surface area contributed by atoms with Crippen LogP contribution in [0.25, 0.3) is 0 Å². The predicted molar refractivity (Wildman–Crippen MR) is 79.3 cm³/mol. The van der Waals surface area contributed by atoms with Crippen LogP contribution >= 0.6 is 0 Å². The molecule has 0 unspecified atom stereocenters. The number of hydrogen-bond donors (Lipinski definition) is 1. The number of carbonyl (C=O) groups is 1. The lowest BCUT2D eigenvalue weighted by molar-refractivity contribution is -0.140. The average molecular weight is 320 g/mol. The number of alkyl halides is 3. The van der Waals surface area contributed by atoms with Crippen LogP contribution in [0.1, 0.15) is 34.6 Å². The van der Waals surface area contributed by atoms with Gasteiger partial charge in [-0.25, -0.2) is 0 Å². The van der Waals surface area contributed by atoms with Gasteiger partial charge in [0.15, 0.2) is 0 Å². The smallest absolute Gasteiger partial charge is 0.416 e. The van der Waals surface area contributed by atoms with E-state index >= 15 is 0 Å². The Morgan fingerprint density at radius 1 is 1.09 bits per heavy atom. The molecule has 0 aromatic heterocycles. The maximum atomic E-state index is 12.7. The second-order valence-corrected chi connectivity index (χ2v) is 6.02. The Kier molecular flexibility index (Phi) is 3.47. The van der Waals surface area contributed by atoms with Crippen LogP contribution in [0.5, 0.6) is 0 Å². The zero-order chi connectivity index (χ0) is 16.8. The van der Waals surface area contributed by atoms with E-state index in [0.29, 0.717) is 12.0 Å². The average Bonchev–Trinajstić information content (AvgIpc) is 3.24. The first-order valence-corrected chi connectivity index (χ1v) is 7.23. The molecule has 2 aromatic carbocycles. The van der Waals surface area contributed by atoms with Gasteiger partial charge in [-0.05, 0) is 36.6 Å². The number of aliphatic carboxylic acids is 1. The van der Waals surface area contributed by atoms with Crippen molar-refractivity contribution in [3.8, 4) is 0 Å². The molecule has 2 atom stereocenters. The fourth-order valence-electron chi connectivity index (χ4n) is 3.10.